The summed E-state index contributed by atoms with van der Waals surface area (Å²) in [6, 6.07) is 0. The number of rotatable bonds is 4. The van der Waals surface area contributed by atoms with E-state index in [2.05, 4.69) is 19.9 Å². The van der Waals surface area contributed by atoms with E-state index in [0.717, 1.165) is 18.4 Å². The zero-order valence-electron chi connectivity index (χ0n) is 6.28. The number of hydrogen-bond donors (Lipinski definition) is 1. The van der Waals surface area contributed by atoms with E-state index in [1.807, 2.05) is 0 Å². The molecule has 0 radical (unpaired) electrons. The summed E-state index contributed by atoms with van der Waals surface area (Å²) < 4.78 is 0. The first-order valence-corrected chi connectivity index (χ1v) is 3.54. The Balaban J connectivity index is 3.61. The highest BCUT2D eigenvalue weighted by Crippen LogP contribution is 1.99. The Morgan fingerprint density at radius 2 is 2.11 bits per heavy atom. The summed E-state index contributed by atoms with van der Waals surface area (Å²) >= 11 is 0. The van der Waals surface area contributed by atoms with Crippen molar-refractivity contribution in [2.45, 2.75) is 33.1 Å². The Morgan fingerprint density at radius 1 is 1.44 bits per heavy atom. The lowest BCUT2D eigenvalue weighted by molar-refractivity contribution is 0.946. The first-order valence-electron chi connectivity index (χ1n) is 3.54. The van der Waals surface area contributed by atoms with Gasteiger partial charge in [-0.2, -0.15) is 0 Å². The molecule has 0 bridgehead atoms. The van der Waals surface area contributed by atoms with Crippen molar-refractivity contribution in [2.75, 3.05) is 0 Å². The van der Waals surface area contributed by atoms with Crippen LogP contribution in [0.25, 0.3) is 0 Å². The molecule has 0 aromatic rings. The van der Waals surface area contributed by atoms with Gasteiger partial charge in [-0.1, -0.05) is 26.3 Å². The van der Waals surface area contributed by atoms with Gasteiger partial charge in [0.2, 0.25) is 0 Å². The largest absolute Gasteiger partial charge is 0.308 e. The fourth-order valence-corrected chi connectivity index (χ4v) is 0.635. The van der Waals surface area contributed by atoms with Crippen LogP contribution >= 0.6 is 0 Å². The lowest BCUT2D eigenvalue weighted by Crippen LogP contribution is -1.79. The van der Waals surface area contributed by atoms with E-state index in [-0.39, 0.29) is 0 Å². The third-order valence-corrected chi connectivity index (χ3v) is 1.29. The van der Waals surface area contributed by atoms with Gasteiger partial charge in [0.05, 0.1) is 0 Å². The van der Waals surface area contributed by atoms with Crippen LogP contribution in [0.4, 0.5) is 0 Å². The molecule has 0 saturated carbocycles. The van der Waals surface area contributed by atoms with Gasteiger partial charge in [-0.05, 0) is 18.4 Å². The molecule has 0 saturated heterocycles. The number of allylic oxidation sites excluding steroid dienone is 2. The molecule has 0 aromatic carbocycles. The van der Waals surface area contributed by atoms with Gasteiger partial charge in [0.1, 0.15) is 0 Å². The van der Waals surface area contributed by atoms with Crippen LogP contribution in [0.2, 0.25) is 0 Å². The highest BCUT2D eigenvalue weighted by Gasteiger charge is 1.84. The van der Waals surface area contributed by atoms with Crippen LogP contribution in [0.15, 0.2) is 11.6 Å². The summed E-state index contributed by atoms with van der Waals surface area (Å²) in [5.41, 5.74) is 1.15. The topological polar surface area (TPSA) is 23.9 Å². The van der Waals surface area contributed by atoms with Crippen LogP contribution in [0.1, 0.15) is 33.1 Å². The van der Waals surface area contributed by atoms with Gasteiger partial charge >= 0.3 is 0 Å². The molecule has 0 atom stereocenters. The zero-order chi connectivity index (χ0) is 7.11. The molecule has 1 heteroatoms. The quantitative estimate of drug-likeness (QED) is 0.559. The van der Waals surface area contributed by atoms with Crippen molar-refractivity contribution in [3.8, 4) is 0 Å². The van der Waals surface area contributed by atoms with Crippen molar-refractivity contribution in [3.05, 3.63) is 11.6 Å². The first-order chi connectivity index (χ1) is 4.35. The zero-order valence-corrected chi connectivity index (χ0v) is 6.28. The predicted molar refractivity (Wildman–Crippen MR) is 42.1 cm³/mol. The molecular formula is C8H15N. The minimum absolute atomic E-state index is 0.990. The Morgan fingerprint density at radius 3 is 2.44 bits per heavy atom. The molecule has 0 amide bonds. The Kier molecular flexibility index (Phi) is 5.18. The number of unbranched alkanes of at least 4 members (excludes halogenated alkanes) is 1. The third kappa shape index (κ3) is 3.95. The molecule has 0 aliphatic rings. The Hall–Kier alpha value is -0.590. The second kappa shape index (κ2) is 5.54. The molecule has 1 N–H and O–H groups in total. The van der Waals surface area contributed by atoms with Gasteiger partial charge in [0.25, 0.3) is 0 Å². The maximum atomic E-state index is 6.95. The summed E-state index contributed by atoms with van der Waals surface area (Å²) in [4.78, 5) is 0. The van der Waals surface area contributed by atoms with Crippen molar-refractivity contribution < 1.29 is 0 Å². The number of hydrogen-bond acceptors (Lipinski definition) is 1. The van der Waals surface area contributed by atoms with Gasteiger partial charge in [0, 0.05) is 6.21 Å². The fourth-order valence-electron chi connectivity index (χ4n) is 0.635. The second-order valence-corrected chi connectivity index (χ2v) is 2.07. The van der Waals surface area contributed by atoms with Gasteiger partial charge in [-0.25, -0.2) is 0 Å². The molecule has 52 valence electrons. The van der Waals surface area contributed by atoms with E-state index < -0.39 is 0 Å². The molecule has 0 unspecified atom stereocenters. The Labute approximate surface area is 57.3 Å². The molecule has 0 aliphatic carbocycles. The molecule has 0 fully saturated rings. The maximum Gasteiger partial charge on any atom is 0.0206 e. The summed E-state index contributed by atoms with van der Waals surface area (Å²) in [5, 5.41) is 6.95. The SMILES string of the molecule is CCCC=C(C=N)CC. The highest BCUT2D eigenvalue weighted by atomic mass is 14.3. The van der Waals surface area contributed by atoms with Gasteiger partial charge < -0.3 is 5.41 Å². The molecule has 0 aliphatic heterocycles. The molecule has 9 heavy (non-hydrogen) atoms. The number of nitrogens with one attached hydrogen (secondary N) is 1. The molecule has 1 nitrogen and oxygen atoms in total. The lowest BCUT2D eigenvalue weighted by Gasteiger charge is -1.92. The van der Waals surface area contributed by atoms with Crippen LogP contribution in [0.5, 0.6) is 0 Å². The van der Waals surface area contributed by atoms with E-state index in [1.165, 1.54) is 12.6 Å². The lowest BCUT2D eigenvalue weighted by atomic mass is 10.2. The van der Waals surface area contributed by atoms with Crippen LogP contribution in [-0.4, -0.2) is 6.21 Å². The second-order valence-electron chi connectivity index (χ2n) is 2.07. The van der Waals surface area contributed by atoms with Crippen LogP contribution in [0.3, 0.4) is 0 Å². The minimum Gasteiger partial charge on any atom is -0.308 e. The van der Waals surface area contributed by atoms with Crippen molar-refractivity contribution in [1.82, 2.24) is 0 Å². The van der Waals surface area contributed by atoms with Gasteiger partial charge in [-0.15, -0.1) is 0 Å². The molecule has 0 rings (SSSR count). The monoisotopic (exact) mass is 125 g/mol. The van der Waals surface area contributed by atoms with Crippen LogP contribution < -0.4 is 0 Å². The normalized spacial score (nSPS) is 11.6. The van der Waals surface area contributed by atoms with Crippen molar-refractivity contribution in [3.63, 3.8) is 0 Å². The average Bonchev–Trinajstić information content (AvgIpc) is 1.91. The van der Waals surface area contributed by atoms with E-state index >= 15 is 0 Å². The van der Waals surface area contributed by atoms with Crippen molar-refractivity contribution in [2.24, 2.45) is 0 Å². The van der Waals surface area contributed by atoms with Crippen molar-refractivity contribution >= 4 is 6.21 Å². The molecule has 0 heterocycles. The highest BCUT2D eigenvalue weighted by molar-refractivity contribution is 5.75. The Bertz CT molecular complexity index is 103. The molecular weight excluding hydrogens is 110 g/mol. The first kappa shape index (κ1) is 8.41. The minimum atomic E-state index is 0.990. The van der Waals surface area contributed by atoms with E-state index in [0.29, 0.717) is 0 Å². The molecule has 0 aromatic heterocycles. The maximum absolute atomic E-state index is 6.95. The smallest absolute Gasteiger partial charge is 0.0206 e. The third-order valence-electron chi connectivity index (χ3n) is 1.29. The van der Waals surface area contributed by atoms with E-state index in [1.54, 1.807) is 0 Å². The summed E-state index contributed by atoms with van der Waals surface area (Å²) in [7, 11) is 0. The summed E-state index contributed by atoms with van der Waals surface area (Å²) in [6.45, 7) is 4.22. The van der Waals surface area contributed by atoms with E-state index in [4.69, 9.17) is 5.41 Å². The standard InChI is InChI=1S/C8H15N/c1-3-5-6-8(4-2)7-9/h6-7,9H,3-5H2,1-2H3. The molecule has 0 spiro atoms. The van der Waals surface area contributed by atoms with Crippen LogP contribution in [-0.2, 0) is 0 Å². The predicted octanol–water partition coefficient (Wildman–Crippen LogP) is 2.77. The average molecular weight is 125 g/mol. The summed E-state index contributed by atoms with van der Waals surface area (Å²) in [6.07, 6.45) is 6.85. The van der Waals surface area contributed by atoms with E-state index in [9.17, 15) is 0 Å². The van der Waals surface area contributed by atoms with Gasteiger partial charge in [0.15, 0.2) is 0 Å². The summed E-state index contributed by atoms with van der Waals surface area (Å²) in [5.74, 6) is 0. The fraction of sp³-hybridized carbons (Fsp3) is 0.625. The van der Waals surface area contributed by atoms with Crippen LogP contribution in [0, 0.1) is 5.41 Å². The van der Waals surface area contributed by atoms with Crippen molar-refractivity contribution in [1.29, 1.82) is 5.41 Å². The van der Waals surface area contributed by atoms with Gasteiger partial charge in [-0.3, -0.25) is 0 Å².